The molecule has 0 aliphatic carbocycles. The summed E-state index contributed by atoms with van der Waals surface area (Å²) in [6.07, 6.45) is 5.80. The number of halogens is 1. The molecule has 2 aromatic rings. The van der Waals surface area contributed by atoms with Crippen molar-refractivity contribution in [3.05, 3.63) is 40.7 Å². The fraction of sp³-hybridized carbons (Fsp3) is 0.500. The molecule has 1 fully saturated rings. The predicted molar refractivity (Wildman–Crippen MR) is 77.6 cm³/mol. The first-order chi connectivity index (χ1) is 9.74. The van der Waals surface area contributed by atoms with Gasteiger partial charge in [0.15, 0.2) is 0 Å². The van der Waals surface area contributed by atoms with Crippen molar-refractivity contribution in [2.24, 2.45) is 0 Å². The van der Waals surface area contributed by atoms with E-state index in [1.54, 1.807) is 6.33 Å². The lowest BCUT2D eigenvalue weighted by atomic mass is 9.94. The van der Waals surface area contributed by atoms with Crippen LogP contribution in [0.15, 0.2) is 18.6 Å². The smallest absolute Gasteiger partial charge is 0.115 e. The average Bonchev–Trinajstić information content (AvgIpc) is 2.81. The van der Waals surface area contributed by atoms with E-state index >= 15 is 0 Å². The van der Waals surface area contributed by atoms with Gasteiger partial charge in [0.2, 0.25) is 0 Å². The van der Waals surface area contributed by atoms with Crippen LogP contribution in [0.5, 0.6) is 0 Å². The molecule has 1 aliphatic rings. The van der Waals surface area contributed by atoms with Gasteiger partial charge in [0.25, 0.3) is 0 Å². The third-order valence-corrected chi connectivity index (χ3v) is 4.34. The third-order valence-electron chi connectivity index (χ3n) is 3.84. The first-order valence-electron chi connectivity index (χ1n) is 6.91. The maximum absolute atomic E-state index is 6.24. The van der Waals surface area contributed by atoms with Gasteiger partial charge in [-0.3, -0.25) is 10.00 Å². The summed E-state index contributed by atoms with van der Waals surface area (Å²) in [5.74, 6) is 0.477. The van der Waals surface area contributed by atoms with Crippen LogP contribution in [0.2, 0.25) is 5.02 Å². The molecule has 3 rings (SSSR count). The predicted octanol–water partition coefficient (Wildman–Crippen LogP) is 2.54. The molecule has 1 saturated heterocycles. The second-order valence-electron chi connectivity index (χ2n) is 5.32. The summed E-state index contributed by atoms with van der Waals surface area (Å²) in [5, 5.41) is 7.98. The Morgan fingerprint density at radius 2 is 2.40 bits per heavy atom. The SMILES string of the molecule is Cc1[nH]nc(CN2CCC[C@H](c3ccncn3)C2)c1Cl. The van der Waals surface area contributed by atoms with Crippen LogP contribution in [0, 0.1) is 6.92 Å². The van der Waals surface area contributed by atoms with E-state index in [0.717, 1.165) is 41.7 Å². The van der Waals surface area contributed by atoms with Crippen LogP contribution in [0.25, 0.3) is 0 Å². The molecule has 6 heteroatoms. The van der Waals surface area contributed by atoms with Gasteiger partial charge >= 0.3 is 0 Å². The Balaban J connectivity index is 1.68. The molecule has 0 spiro atoms. The van der Waals surface area contributed by atoms with Gasteiger partial charge in [0.1, 0.15) is 6.33 Å². The first-order valence-corrected chi connectivity index (χ1v) is 7.29. The largest absolute Gasteiger partial charge is 0.297 e. The van der Waals surface area contributed by atoms with Gasteiger partial charge in [0, 0.05) is 30.9 Å². The molecule has 1 aliphatic heterocycles. The van der Waals surface area contributed by atoms with Crippen LogP contribution in [0.4, 0.5) is 0 Å². The second-order valence-corrected chi connectivity index (χ2v) is 5.70. The standard InChI is InChI=1S/C14H18ClN5/c1-10-14(15)13(19-18-10)8-20-6-2-3-11(7-20)12-4-5-16-9-17-12/h4-5,9,11H,2-3,6-8H2,1H3,(H,18,19)/t11-/m0/s1. The highest BCUT2D eigenvalue weighted by Crippen LogP contribution is 2.27. The topological polar surface area (TPSA) is 57.7 Å². The summed E-state index contributed by atoms with van der Waals surface area (Å²) in [7, 11) is 0. The number of H-pyrrole nitrogens is 1. The fourth-order valence-electron chi connectivity index (χ4n) is 2.77. The summed E-state index contributed by atoms with van der Waals surface area (Å²) < 4.78 is 0. The van der Waals surface area contributed by atoms with E-state index in [4.69, 9.17) is 11.6 Å². The monoisotopic (exact) mass is 291 g/mol. The zero-order chi connectivity index (χ0) is 13.9. The molecule has 5 nitrogen and oxygen atoms in total. The van der Waals surface area contributed by atoms with Crippen molar-refractivity contribution in [2.45, 2.75) is 32.2 Å². The van der Waals surface area contributed by atoms with Crippen molar-refractivity contribution in [3.63, 3.8) is 0 Å². The zero-order valence-electron chi connectivity index (χ0n) is 11.5. The number of nitrogens with one attached hydrogen (secondary N) is 1. The lowest BCUT2D eigenvalue weighted by molar-refractivity contribution is 0.196. The quantitative estimate of drug-likeness (QED) is 0.944. The summed E-state index contributed by atoms with van der Waals surface area (Å²) in [5.41, 5.74) is 3.01. The van der Waals surface area contributed by atoms with Crippen molar-refractivity contribution in [1.82, 2.24) is 25.1 Å². The van der Waals surface area contributed by atoms with Crippen LogP contribution in [0.1, 0.15) is 35.8 Å². The third kappa shape index (κ3) is 2.83. The number of aromatic amines is 1. The van der Waals surface area contributed by atoms with E-state index in [9.17, 15) is 0 Å². The lowest BCUT2D eigenvalue weighted by Crippen LogP contribution is -2.34. The Morgan fingerprint density at radius 3 is 3.10 bits per heavy atom. The highest BCUT2D eigenvalue weighted by atomic mass is 35.5. The number of rotatable bonds is 3. The van der Waals surface area contributed by atoms with Gasteiger partial charge in [-0.2, -0.15) is 5.10 Å². The Bertz CT molecular complexity index is 568. The number of likely N-dealkylation sites (tertiary alicyclic amines) is 1. The van der Waals surface area contributed by atoms with E-state index < -0.39 is 0 Å². The van der Waals surface area contributed by atoms with E-state index in [1.807, 2.05) is 19.2 Å². The molecule has 106 valence electrons. The minimum absolute atomic E-state index is 0.477. The Kier molecular flexibility index (Phi) is 3.98. The fourth-order valence-corrected chi connectivity index (χ4v) is 2.91. The summed E-state index contributed by atoms with van der Waals surface area (Å²) >= 11 is 6.24. The van der Waals surface area contributed by atoms with E-state index in [1.165, 1.54) is 12.8 Å². The van der Waals surface area contributed by atoms with E-state index in [-0.39, 0.29) is 0 Å². The molecule has 3 heterocycles. The van der Waals surface area contributed by atoms with Gasteiger partial charge in [-0.1, -0.05) is 11.6 Å². The number of piperidine rings is 1. The summed E-state index contributed by atoms with van der Waals surface area (Å²) in [4.78, 5) is 10.8. The number of aromatic nitrogens is 4. The normalized spacial score (nSPS) is 20.2. The van der Waals surface area contributed by atoms with Gasteiger partial charge in [-0.05, 0) is 32.4 Å². The van der Waals surface area contributed by atoms with Crippen LogP contribution < -0.4 is 0 Å². The van der Waals surface area contributed by atoms with Crippen LogP contribution >= 0.6 is 11.6 Å². The Labute approximate surface area is 123 Å². The van der Waals surface area contributed by atoms with Gasteiger partial charge in [-0.25, -0.2) is 9.97 Å². The van der Waals surface area contributed by atoms with Crippen molar-refractivity contribution >= 4 is 11.6 Å². The van der Waals surface area contributed by atoms with Crippen molar-refractivity contribution in [2.75, 3.05) is 13.1 Å². The van der Waals surface area contributed by atoms with Crippen LogP contribution in [-0.2, 0) is 6.54 Å². The molecule has 1 atom stereocenters. The number of hydrogen-bond donors (Lipinski definition) is 1. The minimum atomic E-state index is 0.477. The molecule has 0 amide bonds. The lowest BCUT2D eigenvalue weighted by Gasteiger charge is -2.31. The molecule has 0 bridgehead atoms. The van der Waals surface area contributed by atoms with Gasteiger partial charge < -0.3 is 0 Å². The highest BCUT2D eigenvalue weighted by molar-refractivity contribution is 6.31. The number of hydrogen-bond acceptors (Lipinski definition) is 4. The molecule has 1 N–H and O–H groups in total. The Hall–Kier alpha value is -1.46. The second kappa shape index (κ2) is 5.89. The van der Waals surface area contributed by atoms with E-state index in [0.29, 0.717) is 5.92 Å². The van der Waals surface area contributed by atoms with E-state index in [2.05, 4.69) is 25.1 Å². The number of nitrogens with zero attached hydrogens (tertiary/aromatic N) is 4. The number of aryl methyl sites for hydroxylation is 1. The molecular formula is C14H18ClN5. The molecule has 2 aromatic heterocycles. The van der Waals surface area contributed by atoms with Gasteiger partial charge in [0.05, 0.1) is 16.4 Å². The minimum Gasteiger partial charge on any atom is -0.297 e. The molecule has 0 saturated carbocycles. The Morgan fingerprint density at radius 1 is 1.50 bits per heavy atom. The highest BCUT2D eigenvalue weighted by Gasteiger charge is 2.23. The summed E-state index contributed by atoms with van der Waals surface area (Å²) in [6, 6.07) is 2.01. The van der Waals surface area contributed by atoms with Crippen molar-refractivity contribution < 1.29 is 0 Å². The zero-order valence-corrected chi connectivity index (χ0v) is 12.3. The van der Waals surface area contributed by atoms with Gasteiger partial charge in [-0.15, -0.1) is 0 Å². The van der Waals surface area contributed by atoms with Crippen molar-refractivity contribution in [3.8, 4) is 0 Å². The summed E-state index contributed by atoms with van der Waals surface area (Å²) in [6.45, 7) is 4.83. The molecule has 0 unspecified atom stereocenters. The van der Waals surface area contributed by atoms with Crippen molar-refractivity contribution in [1.29, 1.82) is 0 Å². The first kappa shape index (κ1) is 13.5. The molecular weight excluding hydrogens is 274 g/mol. The van der Waals surface area contributed by atoms with Crippen LogP contribution in [-0.4, -0.2) is 38.2 Å². The maximum Gasteiger partial charge on any atom is 0.115 e. The molecule has 0 aromatic carbocycles. The van der Waals surface area contributed by atoms with Crippen LogP contribution in [0.3, 0.4) is 0 Å². The maximum atomic E-state index is 6.24. The molecule has 20 heavy (non-hydrogen) atoms. The average molecular weight is 292 g/mol. The molecule has 0 radical (unpaired) electrons.